The number of thioether (sulfide) groups is 1. The van der Waals surface area contributed by atoms with Crippen molar-refractivity contribution in [3.05, 3.63) is 54.6 Å². The zero-order valence-electron chi connectivity index (χ0n) is 21.4. The van der Waals surface area contributed by atoms with Crippen LogP contribution in [0.1, 0.15) is 58.8 Å². The van der Waals surface area contributed by atoms with E-state index in [1.807, 2.05) is 66.4 Å². The van der Waals surface area contributed by atoms with Gasteiger partial charge in [0.25, 0.3) is 0 Å². The third-order valence-electron chi connectivity index (χ3n) is 8.45. The molecule has 0 aromatic heterocycles. The highest BCUT2D eigenvalue weighted by Crippen LogP contribution is 2.57. The Balaban J connectivity index is 1.09. The van der Waals surface area contributed by atoms with E-state index in [9.17, 15) is 4.79 Å². The standard InChI is InChI=1S/C30H37N3O2S/c1-20(2)33-25(19-36-29(33)32-30-16-21-12-22(17-30)14-23(13-21)18-30)15-28(34)31-24-8-10-27(11-9-24)35-26-6-4-3-5-7-26/h3-11,20-23,25H,12-19H2,1-2H3,(H,31,34). The minimum Gasteiger partial charge on any atom is -0.457 e. The maximum atomic E-state index is 13.0. The van der Waals surface area contributed by atoms with Crippen molar-refractivity contribution in [3.8, 4) is 11.5 Å². The number of nitrogens with one attached hydrogen (secondary N) is 1. The van der Waals surface area contributed by atoms with Crippen molar-refractivity contribution in [3.63, 3.8) is 0 Å². The average Bonchev–Trinajstić information content (AvgIpc) is 3.21. The predicted octanol–water partition coefficient (Wildman–Crippen LogP) is 6.96. The summed E-state index contributed by atoms with van der Waals surface area (Å²) in [6.45, 7) is 4.47. The molecule has 1 aliphatic heterocycles. The number of rotatable bonds is 7. The molecule has 1 N–H and O–H groups in total. The number of amidine groups is 1. The number of hydrogen-bond acceptors (Lipinski definition) is 4. The Morgan fingerprint density at radius 3 is 2.22 bits per heavy atom. The number of carbonyl (C=O) groups excluding carboxylic acids is 1. The average molecular weight is 504 g/mol. The van der Waals surface area contributed by atoms with E-state index in [0.29, 0.717) is 12.5 Å². The molecule has 1 unspecified atom stereocenters. The van der Waals surface area contributed by atoms with Crippen molar-refractivity contribution in [2.45, 2.75) is 76.4 Å². The Bertz CT molecular complexity index is 1080. The van der Waals surface area contributed by atoms with Crippen molar-refractivity contribution in [1.82, 2.24) is 4.90 Å². The first-order valence-electron chi connectivity index (χ1n) is 13.6. The van der Waals surface area contributed by atoms with Gasteiger partial charge in [0.1, 0.15) is 11.5 Å². The van der Waals surface area contributed by atoms with Crippen LogP contribution in [0.25, 0.3) is 0 Å². The highest BCUT2D eigenvalue weighted by Gasteiger charge is 2.51. The summed E-state index contributed by atoms with van der Waals surface area (Å²) < 4.78 is 5.86. The van der Waals surface area contributed by atoms with Crippen LogP contribution in [0.3, 0.4) is 0 Å². The van der Waals surface area contributed by atoms with Gasteiger partial charge in [0.05, 0.1) is 5.54 Å². The molecular formula is C30H37N3O2S. The summed E-state index contributed by atoms with van der Waals surface area (Å²) in [5.41, 5.74) is 0.968. The lowest BCUT2D eigenvalue weighted by Crippen LogP contribution is -2.50. The van der Waals surface area contributed by atoms with Gasteiger partial charge in [-0.3, -0.25) is 9.79 Å². The second-order valence-corrected chi connectivity index (χ2v) is 12.7. The fourth-order valence-corrected chi connectivity index (χ4v) is 8.82. The summed E-state index contributed by atoms with van der Waals surface area (Å²) in [6, 6.07) is 17.8. The van der Waals surface area contributed by atoms with E-state index in [-0.39, 0.29) is 17.5 Å². The van der Waals surface area contributed by atoms with Crippen LogP contribution in [0.4, 0.5) is 5.69 Å². The molecule has 2 aromatic rings. The predicted molar refractivity (Wildman–Crippen MR) is 148 cm³/mol. The van der Waals surface area contributed by atoms with E-state index < -0.39 is 0 Å². The monoisotopic (exact) mass is 503 g/mol. The van der Waals surface area contributed by atoms with Crippen molar-refractivity contribution >= 4 is 28.5 Å². The minimum atomic E-state index is 0.0547. The van der Waals surface area contributed by atoms with Gasteiger partial charge in [0, 0.05) is 29.9 Å². The van der Waals surface area contributed by atoms with Gasteiger partial charge in [-0.25, -0.2) is 0 Å². The molecule has 190 valence electrons. The molecule has 1 heterocycles. The molecule has 4 saturated carbocycles. The number of aliphatic imine (C=N–C) groups is 1. The molecule has 1 amide bonds. The van der Waals surface area contributed by atoms with E-state index in [0.717, 1.165) is 40.7 Å². The van der Waals surface area contributed by atoms with Gasteiger partial charge in [0.2, 0.25) is 5.91 Å². The summed E-state index contributed by atoms with van der Waals surface area (Å²) in [7, 11) is 0. The maximum absolute atomic E-state index is 13.0. The van der Waals surface area contributed by atoms with E-state index in [2.05, 4.69) is 24.1 Å². The van der Waals surface area contributed by atoms with Gasteiger partial charge in [-0.2, -0.15) is 0 Å². The molecule has 4 bridgehead atoms. The quantitative estimate of drug-likeness (QED) is 0.444. The Kier molecular flexibility index (Phi) is 6.49. The highest BCUT2D eigenvalue weighted by atomic mass is 32.2. The lowest BCUT2D eigenvalue weighted by Gasteiger charge is -2.55. The fourth-order valence-electron chi connectivity index (χ4n) is 7.43. The van der Waals surface area contributed by atoms with Gasteiger partial charge in [-0.05, 0) is 107 Å². The number of hydrogen-bond donors (Lipinski definition) is 1. The Morgan fingerprint density at radius 2 is 1.61 bits per heavy atom. The maximum Gasteiger partial charge on any atom is 0.226 e. The van der Waals surface area contributed by atoms with Crippen LogP contribution < -0.4 is 10.1 Å². The van der Waals surface area contributed by atoms with Crippen LogP contribution >= 0.6 is 11.8 Å². The van der Waals surface area contributed by atoms with Crippen LogP contribution in [-0.2, 0) is 4.79 Å². The lowest BCUT2D eigenvalue weighted by atomic mass is 9.53. The molecule has 2 aromatic carbocycles. The number of para-hydroxylation sites is 1. The molecule has 5 nitrogen and oxygen atoms in total. The van der Waals surface area contributed by atoms with Gasteiger partial charge in [-0.15, -0.1) is 0 Å². The Hall–Kier alpha value is -2.47. The van der Waals surface area contributed by atoms with E-state index >= 15 is 0 Å². The van der Waals surface area contributed by atoms with Gasteiger partial charge >= 0.3 is 0 Å². The van der Waals surface area contributed by atoms with Gasteiger partial charge in [0.15, 0.2) is 5.17 Å². The fraction of sp³-hybridized carbons (Fsp3) is 0.533. The summed E-state index contributed by atoms with van der Waals surface area (Å²) in [6.07, 6.45) is 8.64. The summed E-state index contributed by atoms with van der Waals surface area (Å²) in [5, 5.41) is 4.28. The SMILES string of the molecule is CC(C)N1C(=NC23CC4CC(CC(C4)C2)C3)SCC1CC(=O)Nc1ccc(Oc2ccccc2)cc1. The molecule has 6 heteroatoms. The van der Waals surface area contributed by atoms with Crippen LogP contribution in [0.15, 0.2) is 59.6 Å². The smallest absolute Gasteiger partial charge is 0.226 e. The number of carbonyl (C=O) groups is 1. The number of nitrogens with zero attached hydrogens (tertiary/aromatic N) is 2. The molecule has 5 aliphatic rings. The normalized spacial score (nSPS) is 31.9. The molecule has 0 radical (unpaired) electrons. The zero-order valence-corrected chi connectivity index (χ0v) is 22.2. The van der Waals surface area contributed by atoms with E-state index in [1.165, 1.54) is 43.7 Å². The summed E-state index contributed by atoms with van der Waals surface area (Å²) in [4.78, 5) is 21.0. The first-order valence-corrected chi connectivity index (χ1v) is 14.6. The van der Waals surface area contributed by atoms with Crippen LogP contribution in [0, 0.1) is 17.8 Å². The molecule has 7 rings (SSSR count). The number of benzene rings is 2. The van der Waals surface area contributed by atoms with Crippen molar-refractivity contribution in [2.24, 2.45) is 22.7 Å². The van der Waals surface area contributed by atoms with Crippen molar-refractivity contribution in [1.29, 1.82) is 0 Å². The first kappa shape index (κ1) is 23.9. The van der Waals surface area contributed by atoms with E-state index in [1.54, 1.807) is 0 Å². The molecule has 0 spiro atoms. The van der Waals surface area contributed by atoms with Crippen molar-refractivity contribution in [2.75, 3.05) is 11.1 Å². The molecule has 1 atom stereocenters. The molecular weight excluding hydrogens is 466 g/mol. The minimum absolute atomic E-state index is 0.0547. The molecule has 36 heavy (non-hydrogen) atoms. The Morgan fingerprint density at radius 1 is 1.00 bits per heavy atom. The zero-order chi connectivity index (χ0) is 24.7. The summed E-state index contributed by atoms with van der Waals surface area (Å²) in [5.74, 6) is 5.22. The van der Waals surface area contributed by atoms with E-state index in [4.69, 9.17) is 9.73 Å². The molecule has 1 saturated heterocycles. The van der Waals surface area contributed by atoms with Crippen LogP contribution in [0.2, 0.25) is 0 Å². The third-order valence-corrected chi connectivity index (χ3v) is 9.56. The number of amides is 1. The topological polar surface area (TPSA) is 53.9 Å². The van der Waals surface area contributed by atoms with Gasteiger partial charge < -0.3 is 15.0 Å². The van der Waals surface area contributed by atoms with Crippen LogP contribution in [-0.4, -0.2) is 39.4 Å². The number of anilines is 1. The first-order chi connectivity index (χ1) is 17.4. The molecule has 4 aliphatic carbocycles. The lowest BCUT2D eigenvalue weighted by molar-refractivity contribution is -0.117. The van der Waals surface area contributed by atoms with Crippen molar-refractivity contribution < 1.29 is 9.53 Å². The van der Waals surface area contributed by atoms with Crippen LogP contribution in [0.5, 0.6) is 11.5 Å². The third kappa shape index (κ3) is 5.02. The highest BCUT2D eigenvalue weighted by molar-refractivity contribution is 8.14. The molecule has 5 fully saturated rings. The Labute approximate surface area is 219 Å². The largest absolute Gasteiger partial charge is 0.457 e. The number of ether oxygens (including phenoxy) is 1. The summed E-state index contributed by atoms with van der Waals surface area (Å²) >= 11 is 1.87. The second kappa shape index (κ2) is 9.77. The second-order valence-electron chi connectivity index (χ2n) is 11.7. The van der Waals surface area contributed by atoms with Gasteiger partial charge in [-0.1, -0.05) is 30.0 Å².